The number of esters is 1. The Morgan fingerprint density at radius 3 is 1.35 bits per heavy atom. The fraction of sp³-hybridized carbons (Fsp3) is 0.846. The molecule has 0 amide bonds. The van der Waals surface area contributed by atoms with Crippen LogP contribution in [-0.2, 0) is 14.3 Å². The second-order valence-corrected chi connectivity index (χ2v) is 12.7. The molecule has 1 N–H and O–H groups in total. The molecule has 0 radical (unpaired) electrons. The maximum absolute atomic E-state index is 12.2. The van der Waals surface area contributed by atoms with Gasteiger partial charge in [-0.1, -0.05) is 173 Å². The fourth-order valence-electron chi connectivity index (χ4n) is 5.59. The van der Waals surface area contributed by atoms with Crippen LogP contribution >= 0.6 is 0 Å². The highest BCUT2D eigenvalue weighted by atomic mass is 16.6. The van der Waals surface area contributed by atoms with Crippen LogP contribution in [0.5, 0.6) is 0 Å². The van der Waals surface area contributed by atoms with Crippen molar-refractivity contribution in [2.45, 2.75) is 213 Å². The molecule has 0 aliphatic heterocycles. The number of carbonyl (C=O) groups excluding carboxylic acids is 1. The quantitative estimate of drug-likeness (QED) is 0.0451. The normalized spacial score (nSPS) is 12.4. The summed E-state index contributed by atoms with van der Waals surface area (Å²) in [5.74, 6) is -1.35. The maximum atomic E-state index is 12.2. The second kappa shape index (κ2) is 34.9. The summed E-state index contributed by atoms with van der Waals surface area (Å²) in [5.41, 5.74) is 0. The van der Waals surface area contributed by atoms with E-state index in [1.165, 1.54) is 135 Å². The fourth-order valence-corrected chi connectivity index (χ4v) is 5.59. The SMILES string of the molecule is CCCCC/C=C\C/C=C\CCCCCCCCCCCCCC(=O)OC(CCCCCCCCCCCCC)C(=O)O. The van der Waals surface area contributed by atoms with Gasteiger partial charge in [0.05, 0.1) is 0 Å². The van der Waals surface area contributed by atoms with Crippen LogP contribution in [0, 0.1) is 0 Å². The minimum Gasteiger partial charge on any atom is -0.479 e. The summed E-state index contributed by atoms with van der Waals surface area (Å²) in [6.45, 7) is 4.50. The van der Waals surface area contributed by atoms with Crippen molar-refractivity contribution in [2.24, 2.45) is 0 Å². The lowest BCUT2D eigenvalue weighted by molar-refractivity contribution is -0.164. The molecule has 4 heteroatoms. The summed E-state index contributed by atoms with van der Waals surface area (Å²) in [4.78, 5) is 23.7. The molecule has 0 aliphatic carbocycles. The largest absolute Gasteiger partial charge is 0.479 e. The van der Waals surface area contributed by atoms with Gasteiger partial charge in [-0.15, -0.1) is 0 Å². The van der Waals surface area contributed by atoms with Crippen LogP contribution in [-0.4, -0.2) is 23.1 Å². The third-order valence-electron chi connectivity index (χ3n) is 8.45. The first-order chi connectivity index (χ1) is 21.1. The Bertz CT molecular complexity index is 654. The van der Waals surface area contributed by atoms with Crippen LogP contribution < -0.4 is 0 Å². The van der Waals surface area contributed by atoms with Crippen molar-refractivity contribution in [1.29, 1.82) is 0 Å². The summed E-state index contributed by atoms with van der Waals surface area (Å²) in [6.07, 6.45) is 43.6. The molecule has 0 rings (SSSR count). The van der Waals surface area contributed by atoms with Gasteiger partial charge in [-0.25, -0.2) is 4.79 Å². The number of carboxylic acid groups (broad SMARTS) is 1. The average Bonchev–Trinajstić information content (AvgIpc) is 3.00. The Labute approximate surface area is 267 Å². The minimum atomic E-state index is -1.01. The summed E-state index contributed by atoms with van der Waals surface area (Å²) in [5, 5.41) is 9.45. The second-order valence-electron chi connectivity index (χ2n) is 12.7. The number of unbranched alkanes of at least 4 members (excludes halogenated alkanes) is 24. The van der Waals surface area contributed by atoms with Crippen LogP contribution in [0.3, 0.4) is 0 Å². The molecule has 0 saturated heterocycles. The smallest absolute Gasteiger partial charge is 0.345 e. The van der Waals surface area contributed by atoms with Crippen LogP contribution in [0.2, 0.25) is 0 Å². The minimum absolute atomic E-state index is 0.340. The van der Waals surface area contributed by atoms with Gasteiger partial charge >= 0.3 is 11.9 Å². The molecule has 0 aromatic heterocycles. The van der Waals surface area contributed by atoms with E-state index < -0.39 is 12.1 Å². The zero-order valence-electron chi connectivity index (χ0n) is 28.8. The molecular weight excluding hydrogens is 532 g/mol. The molecule has 43 heavy (non-hydrogen) atoms. The molecule has 0 aromatic rings. The predicted octanol–water partition coefficient (Wildman–Crippen LogP) is 12.8. The van der Waals surface area contributed by atoms with Crippen molar-refractivity contribution in [3.63, 3.8) is 0 Å². The maximum Gasteiger partial charge on any atom is 0.345 e. The summed E-state index contributed by atoms with van der Waals surface area (Å²) in [6, 6.07) is 0. The van der Waals surface area contributed by atoms with E-state index in [2.05, 4.69) is 38.2 Å². The van der Waals surface area contributed by atoms with E-state index in [1.54, 1.807) is 0 Å². The number of carboxylic acids is 1. The van der Waals surface area contributed by atoms with Crippen molar-refractivity contribution in [2.75, 3.05) is 0 Å². The number of carbonyl (C=O) groups is 2. The number of aliphatic carboxylic acids is 1. The van der Waals surface area contributed by atoms with Gasteiger partial charge in [0, 0.05) is 6.42 Å². The van der Waals surface area contributed by atoms with Gasteiger partial charge in [-0.05, 0) is 51.4 Å². The van der Waals surface area contributed by atoms with Crippen LogP contribution in [0.15, 0.2) is 24.3 Å². The molecule has 0 fully saturated rings. The molecule has 0 saturated carbocycles. The Hall–Kier alpha value is -1.58. The molecule has 0 spiro atoms. The average molecular weight is 605 g/mol. The molecule has 0 heterocycles. The highest BCUT2D eigenvalue weighted by Gasteiger charge is 2.21. The predicted molar refractivity (Wildman–Crippen MR) is 186 cm³/mol. The van der Waals surface area contributed by atoms with Crippen molar-refractivity contribution < 1.29 is 19.4 Å². The molecule has 1 unspecified atom stereocenters. The van der Waals surface area contributed by atoms with Gasteiger partial charge in [-0.2, -0.15) is 0 Å². The van der Waals surface area contributed by atoms with Gasteiger partial charge in [0.15, 0.2) is 6.10 Å². The zero-order chi connectivity index (χ0) is 31.5. The van der Waals surface area contributed by atoms with Crippen molar-refractivity contribution >= 4 is 11.9 Å². The topological polar surface area (TPSA) is 63.6 Å². The van der Waals surface area contributed by atoms with E-state index in [-0.39, 0.29) is 5.97 Å². The first-order valence-electron chi connectivity index (χ1n) is 18.8. The van der Waals surface area contributed by atoms with Crippen molar-refractivity contribution in [1.82, 2.24) is 0 Å². The summed E-state index contributed by atoms with van der Waals surface area (Å²) < 4.78 is 5.30. The van der Waals surface area contributed by atoms with Gasteiger partial charge in [0.1, 0.15) is 0 Å². The third kappa shape index (κ3) is 33.2. The van der Waals surface area contributed by atoms with Gasteiger partial charge in [-0.3, -0.25) is 4.79 Å². The van der Waals surface area contributed by atoms with Gasteiger partial charge < -0.3 is 9.84 Å². The summed E-state index contributed by atoms with van der Waals surface area (Å²) >= 11 is 0. The van der Waals surface area contributed by atoms with Crippen molar-refractivity contribution in [3.05, 3.63) is 24.3 Å². The van der Waals surface area contributed by atoms with E-state index in [1.807, 2.05) is 0 Å². The highest BCUT2D eigenvalue weighted by Crippen LogP contribution is 2.16. The molecular formula is C39H72O4. The number of allylic oxidation sites excluding steroid dienone is 4. The molecule has 0 bridgehead atoms. The lowest BCUT2D eigenvalue weighted by Crippen LogP contribution is -2.27. The zero-order valence-corrected chi connectivity index (χ0v) is 28.8. The third-order valence-corrected chi connectivity index (χ3v) is 8.45. The Morgan fingerprint density at radius 1 is 0.512 bits per heavy atom. The van der Waals surface area contributed by atoms with E-state index in [9.17, 15) is 14.7 Å². The van der Waals surface area contributed by atoms with Crippen molar-refractivity contribution in [3.8, 4) is 0 Å². The monoisotopic (exact) mass is 605 g/mol. The number of rotatable bonds is 34. The first kappa shape index (κ1) is 41.4. The van der Waals surface area contributed by atoms with E-state index in [0.29, 0.717) is 12.8 Å². The number of hydrogen-bond acceptors (Lipinski definition) is 3. The molecule has 252 valence electrons. The Balaban J connectivity index is 3.51. The molecule has 4 nitrogen and oxygen atoms in total. The van der Waals surface area contributed by atoms with E-state index in [4.69, 9.17) is 4.74 Å². The van der Waals surface area contributed by atoms with Gasteiger partial charge in [0.25, 0.3) is 0 Å². The van der Waals surface area contributed by atoms with Gasteiger partial charge in [0.2, 0.25) is 0 Å². The Morgan fingerprint density at radius 2 is 0.884 bits per heavy atom. The highest BCUT2D eigenvalue weighted by molar-refractivity contribution is 5.77. The number of ether oxygens (including phenoxy) is 1. The Kier molecular flexibility index (Phi) is 33.6. The van der Waals surface area contributed by atoms with Crippen LogP contribution in [0.25, 0.3) is 0 Å². The van der Waals surface area contributed by atoms with E-state index >= 15 is 0 Å². The van der Waals surface area contributed by atoms with Crippen LogP contribution in [0.1, 0.15) is 206 Å². The lowest BCUT2D eigenvalue weighted by atomic mass is 10.0. The first-order valence-corrected chi connectivity index (χ1v) is 18.8. The molecule has 0 aromatic carbocycles. The lowest BCUT2D eigenvalue weighted by Gasteiger charge is -2.13. The summed E-state index contributed by atoms with van der Waals surface area (Å²) in [7, 11) is 0. The molecule has 0 aliphatic rings. The van der Waals surface area contributed by atoms with Crippen LogP contribution in [0.4, 0.5) is 0 Å². The standard InChI is InChI=1S/C39H72O4/c1-3-5-7-9-11-13-15-16-17-18-19-20-21-22-23-24-26-28-30-32-34-36-38(40)43-37(39(41)42)35-33-31-29-27-25-14-12-10-8-6-4-2/h11,13,16-17,37H,3-10,12,14-15,18-36H2,1-2H3,(H,41,42)/b13-11-,17-16-. The number of hydrogen-bond donors (Lipinski definition) is 1. The van der Waals surface area contributed by atoms with E-state index in [0.717, 1.165) is 44.9 Å². The molecule has 1 atom stereocenters.